The first-order valence-electron chi connectivity index (χ1n) is 10.6. The van der Waals surface area contributed by atoms with E-state index < -0.39 is 18.0 Å². The van der Waals surface area contributed by atoms with Crippen LogP contribution in [0, 0.1) is 5.92 Å². The van der Waals surface area contributed by atoms with E-state index in [4.69, 9.17) is 4.74 Å². The number of esters is 1. The van der Waals surface area contributed by atoms with Gasteiger partial charge in [0.15, 0.2) is 0 Å². The summed E-state index contributed by atoms with van der Waals surface area (Å²) in [6.07, 6.45) is 16.5. The smallest absolute Gasteiger partial charge is 0.848 e. The molecule has 1 aliphatic rings. The summed E-state index contributed by atoms with van der Waals surface area (Å²) in [6.45, 7) is 3.81. The molecule has 0 N–H and O–H groups in total. The fourth-order valence-electron chi connectivity index (χ4n) is 3.51. The molecule has 0 fully saturated rings. The van der Waals surface area contributed by atoms with E-state index in [-0.39, 0.29) is 35.3 Å². The number of carbonyl (C=O) groups excluding carboxylic acids is 2. The number of unbranched alkanes of at least 4 members (excludes halogenated alkanes) is 12. The fourth-order valence-corrected chi connectivity index (χ4v) is 3.51. The number of Topliss-reactive ketones (excluding diaryl/α,β-unsaturated/α-hetero) is 1. The predicted molar refractivity (Wildman–Crippen MR) is 102 cm³/mol. The van der Waals surface area contributed by atoms with E-state index in [0.29, 0.717) is 12.2 Å². The SMILES string of the molecule is CCCCCCCCCCCCCCCC(=O)C1C(=O)OC(C)=CC1[O-].[Na+]. The van der Waals surface area contributed by atoms with E-state index in [2.05, 4.69) is 6.92 Å². The van der Waals surface area contributed by atoms with Crippen LogP contribution in [0.1, 0.15) is 104 Å². The van der Waals surface area contributed by atoms with Crippen LogP contribution in [0.15, 0.2) is 11.8 Å². The van der Waals surface area contributed by atoms with Gasteiger partial charge in [0.05, 0.1) is 5.76 Å². The Morgan fingerprint density at radius 1 is 0.926 bits per heavy atom. The van der Waals surface area contributed by atoms with Crippen molar-refractivity contribution in [3.8, 4) is 0 Å². The van der Waals surface area contributed by atoms with Crippen molar-refractivity contribution in [3.63, 3.8) is 0 Å². The molecule has 0 aromatic carbocycles. The van der Waals surface area contributed by atoms with E-state index in [0.717, 1.165) is 19.3 Å². The Hall–Kier alpha value is -0.160. The zero-order valence-electron chi connectivity index (χ0n) is 17.8. The van der Waals surface area contributed by atoms with Gasteiger partial charge in [0, 0.05) is 6.42 Å². The van der Waals surface area contributed by atoms with Crippen LogP contribution in [0.4, 0.5) is 0 Å². The second-order valence-corrected chi connectivity index (χ2v) is 7.60. The molecule has 0 aromatic rings. The van der Waals surface area contributed by atoms with Gasteiger partial charge in [-0.3, -0.25) is 9.59 Å². The molecule has 1 rings (SSSR count). The number of hydrogen-bond donors (Lipinski definition) is 0. The molecule has 2 unspecified atom stereocenters. The predicted octanol–water partition coefficient (Wildman–Crippen LogP) is 1.85. The first-order valence-corrected chi connectivity index (χ1v) is 10.6. The Balaban J connectivity index is 0.00000676. The number of ketones is 1. The summed E-state index contributed by atoms with van der Waals surface area (Å²) in [5.74, 6) is -1.78. The van der Waals surface area contributed by atoms with Crippen LogP contribution >= 0.6 is 0 Å². The van der Waals surface area contributed by atoms with Crippen LogP contribution in [0.5, 0.6) is 0 Å². The van der Waals surface area contributed by atoms with Crippen molar-refractivity contribution in [2.45, 2.75) is 110 Å². The zero-order chi connectivity index (χ0) is 19.2. The van der Waals surface area contributed by atoms with Gasteiger partial charge >= 0.3 is 35.5 Å². The van der Waals surface area contributed by atoms with Gasteiger partial charge in [-0.25, -0.2) is 0 Å². The molecule has 0 aliphatic carbocycles. The Bertz CT molecular complexity index is 448. The summed E-state index contributed by atoms with van der Waals surface area (Å²) in [6, 6.07) is 0. The maximum absolute atomic E-state index is 12.1. The maximum Gasteiger partial charge on any atom is 1.00 e. The van der Waals surface area contributed by atoms with Crippen LogP contribution in [-0.4, -0.2) is 17.9 Å². The van der Waals surface area contributed by atoms with Crippen LogP contribution in [-0.2, 0) is 14.3 Å². The number of rotatable bonds is 15. The molecular formula is C22H37NaO4. The number of allylic oxidation sites excluding steroid dienone is 1. The molecule has 0 saturated heterocycles. The van der Waals surface area contributed by atoms with E-state index in [1.807, 2.05) is 0 Å². The standard InChI is InChI=1S/C22H37O4.Na/c1-3-4-5-6-7-8-9-10-11-12-13-14-15-16-19(23)21-20(24)17-18(2)26-22(21)25;/h17,20-21H,3-16H2,1-2H3;/q-1;+1. The average Bonchev–Trinajstić information content (AvgIpc) is 2.58. The van der Waals surface area contributed by atoms with E-state index in [1.54, 1.807) is 6.92 Å². The van der Waals surface area contributed by atoms with Gasteiger partial charge in [0.2, 0.25) is 0 Å². The zero-order valence-corrected chi connectivity index (χ0v) is 19.8. The molecule has 0 aromatic heterocycles. The largest absolute Gasteiger partial charge is 1.00 e. The van der Waals surface area contributed by atoms with Gasteiger partial charge < -0.3 is 9.84 Å². The summed E-state index contributed by atoms with van der Waals surface area (Å²) in [7, 11) is 0. The van der Waals surface area contributed by atoms with Crippen molar-refractivity contribution in [1.29, 1.82) is 0 Å². The third kappa shape index (κ3) is 12.1. The van der Waals surface area contributed by atoms with Gasteiger partial charge in [0.1, 0.15) is 11.7 Å². The Labute approximate surface area is 187 Å². The molecule has 0 amide bonds. The molecule has 5 heteroatoms. The number of cyclic esters (lactones) is 1. The van der Waals surface area contributed by atoms with Gasteiger partial charge in [-0.05, 0) is 13.3 Å². The van der Waals surface area contributed by atoms with Crippen molar-refractivity contribution in [3.05, 3.63) is 11.8 Å². The Morgan fingerprint density at radius 2 is 1.37 bits per heavy atom. The van der Waals surface area contributed by atoms with Crippen molar-refractivity contribution in [2.24, 2.45) is 5.92 Å². The molecule has 0 bridgehead atoms. The normalized spacial score (nSPS) is 19.2. The minimum Gasteiger partial charge on any atom is -0.848 e. The third-order valence-corrected chi connectivity index (χ3v) is 5.12. The van der Waals surface area contributed by atoms with Crippen LogP contribution in [0.2, 0.25) is 0 Å². The van der Waals surface area contributed by atoms with Crippen molar-refractivity contribution >= 4 is 11.8 Å². The number of hydrogen-bond acceptors (Lipinski definition) is 4. The average molecular weight is 389 g/mol. The number of ether oxygens (including phenoxy) is 1. The first-order chi connectivity index (χ1) is 12.6. The Morgan fingerprint density at radius 3 is 1.81 bits per heavy atom. The molecule has 2 atom stereocenters. The molecule has 0 radical (unpaired) electrons. The monoisotopic (exact) mass is 388 g/mol. The summed E-state index contributed by atoms with van der Waals surface area (Å²) >= 11 is 0. The maximum atomic E-state index is 12.1. The van der Waals surface area contributed by atoms with Crippen molar-refractivity contribution in [2.75, 3.05) is 0 Å². The molecule has 1 heterocycles. The van der Waals surface area contributed by atoms with Crippen LogP contribution < -0.4 is 34.7 Å². The first kappa shape index (κ1) is 26.8. The molecule has 27 heavy (non-hydrogen) atoms. The van der Waals surface area contributed by atoms with Gasteiger partial charge in [-0.1, -0.05) is 96.2 Å². The Kier molecular flexibility index (Phi) is 16.7. The molecule has 1 aliphatic heterocycles. The van der Waals surface area contributed by atoms with E-state index in [1.165, 1.54) is 70.3 Å². The molecule has 150 valence electrons. The minimum absolute atomic E-state index is 0. The van der Waals surface area contributed by atoms with Crippen LogP contribution in [0.25, 0.3) is 0 Å². The summed E-state index contributed by atoms with van der Waals surface area (Å²) in [4.78, 5) is 23.8. The number of carbonyl (C=O) groups is 2. The van der Waals surface area contributed by atoms with Gasteiger partial charge in [0.25, 0.3) is 0 Å². The second kappa shape index (κ2) is 16.8. The summed E-state index contributed by atoms with van der Waals surface area (Å²) in [5, 5.41) is 11.9. The molecule has 0 spiro atoms. The molecule has 4 nitrogen and oxygen atoms in total. The topological polar surface area (TPSA) is 66.4 Å². The van der Waals surface area contributed by atoms with E-state index >= 15 is 0 Å². The van der Waals surface area contributed by atoms with E-state index in [9.17, 15) is 14.7 Å². The molecule has 0 saturated carbocycles. The third-order valence-electron chi connectivity index (χ3n) is 5.12. The fraction of sp³-hybridized carbons (Fsp3) is 0.818. The summed E-state index contributed by atoms with van der Waals surface area (Å²) in [5.41, 5.74) is 0. The minimum atomic E-state index is -1.29. The van der Waals surface area contributed by atoms with Crippen molar-refractivity contribution in [1.82, 2.24) is 0 Å². The second-order valence-electron chi connectivity index (χ2n) is 7.60. The quantitative estimate of drug-likeness (QED) is 0.186. The van der Waals surface area contributed by atoms with Gasteiger partial charge in [-0.2, -0.15) is 0 Å². The van der Waals surface area contributed by atoms with Crippen molar-refractivity contribution < 1.29 is 49.0 Å². The van der Waals surface area contributed by atoms with Crippen LogP contribution in [0.3, 0.4) is 0 Å². The van der Waals surface area contributed by atoms with Gasteiger partial charge in [-0.15, -0.1) is 0 Å². The summed E-state index contributed by atoms with van der Waals surface area (Å²) < 4.78 is 4.91. The molecular weight excluding hydrogens is 351 g/mol.